The molecule has 1 amide bonds. The third-order valence-electron chi connectivity index (χ3n) is 3.17. The molecule has 0 fully saturated rings. The van der Waals surface area contributed by atoms with Gasteiger partial charge in [0.25, 0.3) is 5.91 Å². The highest BCUT2D eigenvalue weighted by Crippen LogP contribution is 2.28. The molecule has 0 radical (unpaired) electrons. The molecule has 0 aliphatic rings. The van der Waals surface area contributed by atoms with E-state index in [1.807, 2.05) is 0 Å². The van der Waals surface area contributed by atoms with Gasteiger partial charge in [-0.2, -0.15) is 0 Å². The van der Waals surface area contributed by atoms with Crippen molar-refractivity contribution in [2.24, 2.45) is 0 Å². The lowest BCUT2D eigenvalue weighted by Crippen LogP contribution is -2.35. The first-order valence-electron chi connectivity index (χ1n) is 7.32. The molecule has 0 spiro atoms. The van der Waals surface area contributed by atoms with Crippen LogP contribution in [0.3, 0.4) is 0 Å². The average molecular weight is 340 g/mol. The highest BCUT2D eigenvalue weighted by Gasteiger charge is 2.22. The first kappa shape index (κ1) is 19.4. The summed E-state index contributed by atoms with van der Waals surface area (Å²) < 4.78 is 9.68. The summed E-state index contributed by atoms with van der Waals surface area (Å²) in [5, 5.41) is 20.1. The van der Waals surface area contributed by atoms with Gasteiger partial charge in [0.2, 0.25) is 0 Å². The molecule has 0 bridgehead atoms. The molecular formula is C15H20N2O7. The lowest BCUT2D eigenvalue weighted by Gasteiger charge is -2.21. The van der Waals surface area contributed by atoms with Crippen LogP contribution in [0.4, 0.5) is 5.69 Å². The Hall–Kier alpha value is -2.68. The molecule has 0 unspecified atom stereocenters. The summed E-state index contributed by atoms with van der Waals surface area (Å²) in [6.45, 7) is 1.64. The topological polar surface area (TPSA) is 119 Å². The third-order valence-corrected chi connectivity index (χ3v) is 3.17. The molecule has 0 aromatic heterocycles. The second-order valence-electron chi connectivity index (χ2n) is 4.71. The number of hydrogen-bond donors (Lipinski definition) is 1. The van der Waals surface area contributed by atoms with Crippen LogP contribution >= 0.6 is 0 Å². The van der Waals surface area contributed by atoms with Gasteiger partial charge in [-0.05, 0) is 19.1 Å². The number of carbonyl (C=O) groups excluding carboxylic acids is 2. The molecule has 0 heterocycles. The number of methoxy groups -OCH3 is 1. The highest BCUT2D eigenvalue weighted by molar-refractivity contribution is 5.95. The Morgan fingerprint density at radius 1 is 1.33 bits per heavy atom. The normalized spacial score (nSPS) is 10.1. The fourth-order valence-electron chi connectivity index (χ4n) is 2.04. The standard InChI is InChI=1S/C15H20N2O7/c1-3-24-14(19)6-7-16(8-9-18)15(20)11-4-5-13(23-2)12(10-11)17(21)22/h4-5,10,18H,3,6-9H2,1-2H3. The van der Waals surface area contributed by atoms with E-state index in [9.17, 15) is 19.7 Å². The third kappa shape index (κ3) is 5.20. The van der Waals surface area contributed by atoms with Gasteiger partial charge in [-0.1, -0.05) is 0 Å². The van der Waals surface area contributed by atoms with Crippen LogP contribution in [0, 0.1) is 10.1 Å². The van der Waals surface area contributed by atoms with Crippen molar-refractivity contribution in [3.05, 3.63) is 33.9 Å². The molecule has 0 saturated carbocycles. The van der Waals surface area contributed by atoms with Crippen molar-refractivity contribution < 1.29 is 29.1 Å². The van der Waals surface area contributed by atoms with Crippen LogP contribution < -0.4 is 4.74 Å². The summed E-state index contributed by atoms with van der Waals surface area (Å²) in [5.74, 6) is -0.954. The first-order valence-corrected chi connectivity index (χ1v) is 7.32. The fraction of sp³-hybridized carbons (Fsp3) is 0.467. The van der Waals surface area contributed by atoms with Crippen LogP contribution in [-0.2, 0) is 9.53 Å². The van der Waals surface area contributed by atoms with Crippen molar-refractivity contribution in [3.63, 3.8) is 0 Å². The minimum absolute atomic E-state index is 0.00192. The number of nitro benzene ring substituents is 1. The first-order chi connectivity index (χ1) is 11.4. The van der Waals surface area contributed by atoms with Crippen molar-refractivity contribution >= 4 is 17.6 Å². The number of aliphatic hydroxyl groups excluding tert-OH is 1. The molecule has 1 aromatic carbocycles. The van der Waals surface area contributed by atoms with E-state index in [2.05, 4.69) is 0 Å². The lowest BCUT2D eigenvalue weighted by molar-refractivity contribution is -0.385. The number of hydrogen-bond acceptors (Lipinski definition) is 7. The number of ether oxygens (including phenoxy) is 2. The van der Waals surface area contributed by atoms with Gasteiger partial charge in [-0.25, -0.2) is 0 Å². The van der Waals surface area contributed by atoms with Gasteiger partial charge in [-0.15, -0.1) is 0 Å². The molecule has 9 nitrogen and oxygen atoms in total. The van der Waals surface area contributed by atoms with Gasteiger partial charge in [0.05, 0.1) is 31.7 Å². The predicted octanol–water partition coefficient (Wildman–Crippen LogP) is 0.991. The maximum Gasteiger partial charge on any atom is 0.311 e. The minimum atomic E-state index is -0.648. The molecule has 1 rings (SSSR count). The maximum atomic E-state index is 12.5. The Kier molecular flexibility index (Phi) is 7.63. The van der Waals surface area contributed by atoms with E-state index in [1.165, 1.54) is 24.1 Å². The summed E-state index contributed by atoms with van der Waals surface area (Å²) in [6.07, 6.45) is -0.0299. The van der Waals surface area contributed by atoms with E-state index in [0.29, 0.717) is 0 Å². The smallest absolute Gasteiger partial charge is 0.311 e. The van der Waals surface area contributed by atoms with Gasteiger partial charge >= 0.3 is 11.7 Å². The van der Waals surface area contributed by atoms with Crippen molar-refractivity contribution in [1.82, 2.24) is 4.90 Å². The number of carbonyl (C=O) groups is 2. The second kappa shape index (κ2) is 9.46. The molecule has 0 saturated heterocycles. The molecule has 9 heteroatoms. The predicted molar refractivity (Wildman–Crippen MR) is 83.9 cm³/mol. The number of nitrogens with zero attached hydrogens (tertiary/aromatic N) is 2. The van der Waals surface area contributed by atoms with E-state index in [0.717, 1.165) is 6.07 Å². The Labute approximate surface area is 138 Å². The van der Waals surface area contributed by atoms with Crippen LogP contribution in [-0.4, -0.2) is 60.2 Å². The van der Waals surface area contributed by atoms with E-state index in [1.54, 1.807) is 6.92 Å². The van der Waals surface area contributed by atoms with E-state index in [4.69, 9.17) is 14.6 Å². The van der Waals surface area contributed by atoms with Crippen molar-refractivity contribution in [2.45, 2.75) is 13.3 Å². The molecular weight excluding hydrogens is 320 g/mol. The summed E-state index contributed by atoms with van der Waals surface area (Å²) >= 11 is 0. The molecule has 0 aliphatic carbocycles. The van der Waals surface area contributed by atoms with Crippen molar-refractivity contribution in [2.75, 3.05) is 33.4 Å². The molecule has 24 heavy (non-hydrogen) atoms. The van der Waals surface area contributed by atoms with Gasteiger partial charge < -0.3 is 19.5 Å². The minimum Gasteiger partial charge on any atom is -0.490 e. The summed E-state index contributed by atoms with van der Waals surface area (Å²) in [6, 6.07) is 3.83. The fourth-order valence-corrected chi connectivity index (χ4v) is 2.04. The number of benzene rings is 1. The van der Waals surface area contributed by atoms with Crippen LogP contribution in [0.5, 0.6) is 5.75 Å². The zero-order valence-electron chi connectivity index (χ0n) is 13.6. The summed E-state index contributed by atoms with van der Waals surface area (Å²) in [5.41, 5.74) is -0.266. The van der Waals surface area contributed by atoms with Crippen LogP contribution in [0.1, 0.15) is 23.7 Å². The van der Waals surface area contributed by atoms with Crippen molar-refractivity contribution in [3.8, 4) is 5.75 Å². The molecule has 1 aromatic rings. The van der Waals surface area contributed by atoms with Gasteiger partial charge in [0.15, 0.2) is 5.75 Å². The van der Waals surface area contributed by atoms with Crippen molar-refractivity contribution in [1.29, 1.82) is 0 Å². The van der Waals surface area contributed by atoms with Crippen LogP contribution in [0.25, 0.3) is 0 Å². The van der Waals surface area contributed by atoms with E-state index < -0.39 is 16.8 Å². The van der Waals surface area contributed by atoms with Crippen LogP contribution in [0.15, 0.2) is 18.2 Å². The maximum absolute atomic E-state index is 12.5. The summed E-state index contributed by atoms with van der Waals surface area (Å²) in [4.78, 5) is 35.5. The van der Waals surface area contributed by atoms with Gasteiger partial charge in [-0.3, -0.25) is 19.7 Å². The number of rotatable bonds is 9. The van der Waals surface area contributed by atoms with E-state index >= 15 is 0 Å². The number of amides is 1. The molecule has 1 N–H and O–H groups in total. The second-order valence-corrected chi connectivity index (χ2v) is 4.71. The lowest BCUT2D eigenvalue weighted by atomic mass is 10.1. The molecule has 0 aliphatic heterocycles. The SMILES string of the molecule is CCOC(=O)CCN(CCO)C(=O)c1ccc(OC)c([N+](=O)[O-])c1. The average Bonchev–Trinajstić information content (AvgIpc) is 2.57. The number of aliphatic hydroxyl groups is 1. The Morgan fingerprint density at radius 2 is 2.04 bits per heavy atom. The molecule has 132 valence electrons. The summed E-state index contributed by atoms with van der Waals surface area (Å²) in [7, 11) is 1.29. The van der Waals surface area contributed by atoms with E-state index in [-0.39, 0.29) is 49.7 Å². The largest absolute Gasteiger partial charge is 0.490 e. The zero-order chi connectivity index (χ0) is 18.1. The highest BCUT2D eigenvalue weighted by atomic mass is 16.6. The number of esters is 1. The number of nitro groups is 1. The van der Waals surface area contributed by atoms with Crippen LogP contribution in [0.2, 0.25) is 0 Å². The monoisotopic (exact) mass is 340 g/mol. The Morgan fingerprint density at radius 3 is 2.58 bits per heavy atom. The molecule has 0 atom stereocenters. The quantitative estimate of drug-likeness (QED) is 0.404. The van der Waals surface area contributed by atoms with Gasteiger partial charge in [0, 0.05) is 24.7 Å². The van der Waals surface area contributed by atoms with Gasteiger partial charge in [0.1, 0.15) is 0 Å². The zero-order valence-corrected chi connectivity index (χ0v) is 13.6. The Bertz CT molecular complexity index is 603. The Balaban J connectivity index is 2.95.